The summed E-state index contributed by atoms with van der Waals surface area (Å²) < 4.78 is 14.2. The first-order valence-corrected chi connectivity index (χ1v) is 8.33. The third-order valence-corrected chi connectivity index (χ3v) is 4.78. The van der Waals surface area contributed by atoms with Gasteiger partial charge in [-0.3, -0.25) is 4.90 Å². The van der Waals surface area contributed by atoms with Crippen LogP contribution in [0.5, 0.6) is 0 Å². The first-order valence-electron chi connectivity index (χ1n) is 7.53. The maximum atomic E-state index is 13.6. The molecule has 2 nitrogen and oxygen atoms in total. The molecule has 1 fully saturated rings. The van der Waals surface area contributed by atoms with Gasteiger partial charge in [-0.1, -0.05) is 13.0 Å². The lowest BCUT2D eigenvalue weighted by Crippen LogP contribution is -2.40. The Morgan fingerprint density at radius 1 is 1.30 bits per heavy atom. The molecule has 0 heterocycles. The molecular formula is C16H24BrFN2. The van der Waals surface area contributed by atoms with Crippen LogP contribution in [0, 0.1) is 5.82 Å². The van der Waals surface area contributed by atoms with Crippen LogP contribution in [-0.4, -0.2) is 23.5 Å². The number of benzene rings is 1. The van der Waals surface area contributed by atoms with Gasteiger partial charge in [0.2, 0.25) is 0 Å². The van der Waals surface area contributed by atoms with E-state index in [1.54, 1.807) is 12.1 Å². The van der Waals surface area contributed by atoms with E-state index in [9.17, 15) is 4.39 Å². The van der Waals surface area contributed by atoms with E-state index in [1.165, 1.54) is 12.8 Å². The van der Waals surface area contributed by atoms with Gasteiger partial charge in [0.1, 0.15) is 5.82 Å². The lowest BCUT2D eigenvalue weighted by Gasteiger charge is -2.36. The van der Waals surface area contributed by atoms with E-state index in [1.807, 2.05) is 6.07 Å². The Bertz CT molecular complexity index is 430. The molecule has 1 aromatic carbocycles. The van der Waals surface area contributed by atoms with E-state index in [4.69, 9.17) is 5.73 Å². The Kier molecular flexibility index (Phi) is 6.00. The van der Waals surface area contributed by atoms with Crippen LogP contribution in [0.25, 0.3) is 0 Å². The van der Waals surface area contributed by atoms with E-state index >= 15 is 0 Å². The first kappa shape index (κ1) is 15.9. The summed E-state index contributed by atoms with van der Waals surface area (Å²) >= 11 is 3.21. The zero-order chi connectivity index (χ0) is 14.5. The topological polar surface area (TPSA) is 29.3 Å². The fourth-order valence-electron chi connectivity index (χ4n) is 3.02. The number of nitrogens with two attached hydrogens (primary N) is 1. The molecule has 1 aliphatic rings. The van der Waals surface area contributed by atoms with E-state index in [-0.39, 0.29) is 5.82 Å². The summed E-state index contributed by atoms with van der Waals surface area (Å²) in [5, 5.41) is 0. The molecule has 0 saturated heterocycles. The summed E-state index contributed by atoms with van der Waals surface area (Å²) in [6, 6.07) is 6.42. The molecule has 4 heteroatoms. The molecule has 112 valence electrons. The SMILES string of the molecule is CCCN(Cc1ccc(Br)c(F)c1)C1CCC(N)CC1. The van der Waals surface area contributed by atoms with Crippen molar-refractivity contribution in [1.82, 2.24) is 4.90 Å². The number of rotatable bonds is 5. The Morgan fingerprint density at radius 3 is 2.60 bits per heavy atom. The lowest BCUT2D eigenvalue weighted by atomic mass is 9.90. The smallest absolute Gasteiger partial charge is 0.137 e. The molecule has 1 aliphatic carbocycles. The Balaban J connectivity index is 2.02. The van der Waals surface area contributed by atoms with Crippen LogP contribution < -0.4 is 5.73 Å². The summed E-state index contributed by atoms with van der Waals surface area (Å²) in [4.78, 5) is 2.49. The largest absolute Gasteiger partial charge is 0.328 e. The fraction of sp³-hybridized carbons (Fsp3) is 0.625. The molecule has 2 N–H and O–H groups in total. The maximum absolute atomic E-state index is 13.6. The van der Waals surface area contributed by atoms with Crippen molar-refractivity contribution in [3.63, 3.8) is 0 Å². The zero-order valence-corrected chi connectivity index (χ0v) is 13.7. The van der Waals surface area contributed by atoms with Gasteiger partial charge in [0.15, 0.2) is 0 Å². The third-order valence-electron chi connectivity index (χ3n) is 4.14. The molecule has 0 amide bonds. The highest BCUT2D eigenvalue weighted by Crippen LogP contribution is 2.25. The van der Waals surface area contributed by atoms with Crippen molar-refractivity contribution in [2.45, 2.75) is 57.7 Å². The lowest BCUT2D eigenvalue weighted by molar-refractivity contribution is 0.142. The van der Waals surface area contributed by atoms with Crippen LogP contribution in [0.15, 0.2) is 22.7 Å². The van der Waals surface area contributed by atoms with Gasteiger partial charge in [-0.05, 0) is 72.3 Å². The van der Waals surface area contributed by atoms with Gasteiger partial charge in [-0.2, -0.15) is 0 Å². The highest BCUT2D eigenvalue weighted by atomic mass is 79.9. The molecule has 1 aromatic rings. The number of hydrogen-bond donors (Lipinski definition) is 1. The molecular weight excluding hydrogens is 319 g/mol. The quantitative estimate of drug-likeness (QED) is 0.873. The summed E-state index contributed by atoms with van der Waals surface area (Å²) in [6.07, 6.45) is 5.68. The third kappa shape index (κ3) is 4.27. The van der Waals surface area contributed by atoms with Gasteiger partial charge in [-0.15, -0.1) is 0 Å². The summed E-state index contributed by atoms with van der Waals surface area (Å²) in [6.45, 7) is 4.10. The molecule has 0 aromatic heterocycles. The van der Waals surface area contributed by atoms with E-state index in [0.29, 0.717) is 16.6 Å². The van der Waals surface area contributed by atoms with Crippen molar-refractivity contribution >= 4 is 15.9 Å². The van der Waals surface area contributed by atoms with Crippen molar-refractivity contribution in [1.29, 1.82) is 0 Å². The second-order valence-corrected chi connectivity index (χ2v) is 6.64. The van der Waals surface area contributed by atoms with Crippen LogP contribution in [0.1, 0.15) is 44.6 Å². The van der Waals surface area contributed by atoms with Gasteiger partial charge in [0.25, 0.3) is 0 Å². The second kappa shape index (κ2) is 7.53. The van der Waals surface area contributed by atoms with Gasteiger partial charge < -0.3 is 5.73 Å². The maximum Gasteiger partial charge on any atom is 0.137 e. The van der Waals surface area contributed by atoms with Crippen LogP contribution in [0.2, 0.25) is 0 Å². The molecule has 0 aliphatic heterocycles. The first-order chi connectivity index (χ1) is 9.60. The second-order valence-electron chi connectivity index (χ2n) is 5.79. The van der Waals surface area contributed by atoms with Gasteiger partial charge in [-0.25, -0.2) is 4.39 Å². The Hall–Kier alpha value is -0.450. The standard InChI is InChI=1S/C16H24BrFN2/c1-2-9-20(14-6-4-13(19)5-7-14)11-12-3-8-15(17)16(18)10-12/h3,8,10,13-14H,2,4-7,9,11,19H2,1H3. The highest BCUT2D eigenvalue weighted by Gasteiger charge is 2.23. The molecule has 2 rings (SSSR count). The zero-order valence-electron chi connectivity index (χ0n) is 12.1. The van der Waals surface area contributed by atoms with Crippen LogP contribution in [-0.2, 0) is 6.54 Å². The molecule has 20 heavy (non-hydrogen) atoms. The number of hydrogen-bond acceptors (Lipinski definition) is 2. The van der Waals surface area contributed by atoms with E-state index in [0.717, 1.165) is 37.9 Å². The van der Waals surface area contributed by atoms with Crippen LogP contribution in [0.4, 0.5) is 4.39 Å². The van der Waals surface area contributed by atoms with Crippen molar-refractivity contribution in [3.05, 3.63) is 34.1 Å². The minimum absolute atomic E-state index is 0.176. The molecule has 0 radical (unpaired) electrons. The molecule has 0 unspecified atom stereocenters. The summed E-state index contributed by atoms with van der Waals surface area (Å²) in [5.41, 5.74) is 7.04. The molecule has 0 spiro atoms. The Labute approximate surface area is 129 Å². The summed E-state index contributed by atoms with van der Waals surface area (Å²) in [7, 11) is 0. The average Bonchev–Trinajstić information content (AvgIpc) is 2.43. The Morgan fingerprint density at radius 2 is 2.00 bits per heavy atom. The monoisotopic (exact) mass is 342 g/mol. The predicted octanol–water partition coefficient (Wildman–Crippen LogP) is 4.07. The average molecular weight is 343 g/mol. The van der Waals surface area contributed by atoms with Gasteiger partial charge in [0.05, 0.1) is 4.47 Å². The number of halogens is 2. The van der Waals surface area contributed by atoms with Crippen molar-refractivity contribution in [3.8, 4) is 0 Å². The highest BCUT2D eigenvalue weighted by molar-refractivity contribution is 9.10. The van der Waals surface area contributed by atoms with Crippen molar-refractivity contribution in [2.24, 2.45) is 5.73 Å². The van der Waals surface area contributed by atoms with Gasteiger partial charge >= 0.3 is 0 Å². The van der Waals surface area contributed by atoms with Crippen molar-refractivity contribution < 1.29 is 4.39 Å². The van der Waals surface area contributed by atoms with Crippen LogP contribution >= 0.6 is 15.9 Å². The fourth-order valence-corrected chi connectivity index (χ4v) is 3.26. The normalized spacial score (nSPS) is 23.2. The van der Waals surface area contributed by atoms with Gasteiger partial charge in [0, 0.05) is 18.6 Å². The van der Waals surface area contributed by atoms with E-state index < -0.39 is 0 Å². The van der Waals surface area contributed by atoms with Crippen molar-refractivity contribution in [2.75, 3.05) is 6.54 Å². The predicted molar refractivity (Wildman–Crippen MR) is 85.0 cm³/mol. The minimum atomic E-state index is -0.176. The molecule has 0 bridgehead atoms. The molecule has 1 saturated carbocycles. The summed E-state index contributed by atoms with van der Waals surface area (Å²) in [5.74, 6) is -0.176. The van der Waals surface area contributed by atoms with E-state index in [2.05, 4.69) is 27.8 Å². The van der Waals surface area contributed by atoms with Crippen LogP contribution in [0.3, 0.4) is 0 Å². The minimum Gasteiger partial charge on any atom is -0.328 e. The molecule has 0 atom stereocenters. The number of nitrogens with zero attached hydrogens (tertiary/aromatic N) is 1.